The Balaban J connectivity index is 1.94. The summed E-state index contributed by atoms with van der Waals surface area (Å²) in [5.74, 6) is 1.65. The summed E-state index contributed by atoms with van der Waals surface area (Å²) in [7, 11) is 0. The van der Waals surface area contributed by atoms with Crippen molar-refractivity contribution < 1.29 is 4.52 Å². The quantitative estimate of drug-likeness (QED) is 0.768. The first-order valence-corrected chi connectivity index (χ1v) is 7.89. The molecule has 24 heavy (non-hydrogen) atoms. The molecular formula is C17H20N6O. The lowest BCUT2D eigenvalue weighted by Crippen LogP contribution is -2.04. The van der Waals surface area contributed by atoms with Crippen LogP contribution in [0.2, 0.25) is 0 Å². The van der Waals surface area contributed by atoms with Gasteiger partial charge < -0.3 is 10.3 Å². The van der Waals surface area contributed by atoms with Gasteiger partial charge in [0.2, 0.25) is 5.82 Å². The molecular weight excluding hydrogens is 304 g/mol. The minimum atomic E-state index is 0.386. The van der Waals surface area contributed by atoms with E-state index in [9.17, 15) is 0 Å². The maximum atomic E-state index is 5.55. The van der Waals surface area contributed by atoms with Gasteiger partial charge in [-0.15, -0.1) is 0 Å². The lowest BCUT2D eigenvalue weighted by atomic mass is 10.2. The fourth-order valence-corrected chi connectivity index (χ4v) is 2.52. The average Bonchev–Trinajstić information content (AvgIpc) is 3.01. The number of aryl methyl sites for hydroxylation is 4. The Labute approximate surface area is 140 Å². The zero-order valence-corrected chi connectivity index (χ0v) is 14.1. The number of nitrogens with two attached hydrogens (primary N) is 1. The van der Waals surface area contributed by atoms with Gasteiger partial charge in [0.25, 0.3) is 5.89 Å². The van der Waals surface area contributed by atoms with Crippen molar-refractivity contribution in [3.63, 3.8) is 0 Å². The van der Waals surface area contributed by atoms with Gasteiger partial charge in [-0.3, -0.25) is 4.98 Å². The van der Waals surface area contributed by atoms with Crippen molar-refractivity contribution in [1.82, 2.24) is 25.1 Å². The molecule has 3 aromatic rings. The second-order valence-electron chi connectivity index (χ2n) is 5.76. The largest absolute Gasteiger partial charge is 0.332 e. The van der Waals surface area contributed by atoms with Crippen LogP contribution in [0.15, 0.2) is 22.7 Å². The zero-order valence-electron chi connectivity index (χ0n) is 14.1. The Morgan fingerprint density at radius 3 is 2.33 bits per heavy atom. The number of aromatic nitrogens is 5. The highest BCUT2D eigenvalue weighted by Gasteiger charge is 2.14. The van der Waals surface area contributed by atoms with Crippen LogP contribution in [0.25, 0.3) is 23.0 Å². The summed E-state index contributed by atoms with van der Waals surface area (Å²) in [5.41, 5.74) is 9.76. The molecule has 0 saturated carbocycles. The van der Waals surface area contributed by atoms with E-state index in [4.69, 9.17) is 10.3 Å². The van der Waals surface area contributed by atoms with Crippen LogP contribution in [0.5, 0.6) is 0 Å². The SMILES string of the molecule is Cc1cc(-c2noc(-c3cc(C)nc(CCCN)n3)n2)cc(C)n1. The van der Waals surface area contributed by atoms with Gasteiger partial charge in [0.15, 0.2) is 0 Å². The minimum absolute atomic E-state index is 0.386. The highest BCUT2D eigenvalue weighted by atomic mass is 16.5. The molecule has 124 valence electrons. The van der Waals surface area contributed by atoms with Gasteiger partial charge in [0.1, 0.15) is 11.5 Å². The van der Waals surface area contributed by atoms with Crippen LogP contribution in [0, 0.1) is 20.8 Å². The van der Waals surface area contributed by atoms with Crippen molar-refractivity contribution in [3.8, 4) is 23.0 Å². The molecule has 0 aromatic carbocycles. The Hall–Kier alpha value is -2.67. The minimum Gasteiger partial charge on any atom is -0.332 e. The van der Waals surface area contributed by atoms with Crippen molar-refractivity contribution in [2.45, 2.75) is 33.6 Å². The van der Waals surface area contributed by atoms with E-state index in [1.807, 2.05) is 39.0 Å². The monoisotopic (exact) mass is 324 g/mol. The van der Waals surface area contributed by atoms with Crippen LogP contribution in [-0.2, 0) is 6.42 Å². The predicted molar refractivity (Wildman–Crippen MR) is 90.1 cm³/mol. The third-order valence-electron chi connectivity index (χ3n) is 3.49. The molecule has 0 saturated heterocycles. The molecule has 0 unspecified atom stereocenters. The summed E-state index contributed by atoms with van der Waals surface area (Å²) < 4.78 is 5.40. The van der Waals surface area contributed by atoms with E-state index in [1.165, 1.54) is 0 Å². The molecule has 2 N–H and O–H groups in total. The maximum absolute atomic E-state index is 5.55. The molecule has 0 aliphatic carbocycles. The van der Waals surface area contributed by atoms with Crippen LogP contribution >= 0.6 is 0 Å². The number of pyridine rings is 1. The van der Waals surface area contributed by atoms with E-state index in [2.05, 4.69) is 25.1 Å². The van der Waals surface area contributed by atoms with E-state index in [1.54, 1.807) is 0 Å². The fourth-order valence-electron chi connectivity index (χ4n) is 2.52. The average molecular weight is 324 g/mol. The first-order chi connectivity index (χ1) is 11.5. The van der Waals surface area contributed by atoms with Crippen molar-refractivity contribution in [3.05, 3.63) is 41.1 Å². The zero-order chi connectivity index (χ0) is 17.1. The summed E-state index contributed by atoms with van der Waals surface area (Å²) in [6.07, 6.45) is 1.57. The van der Waals surface area contributed by atoms with Crippen LogP contribution in [-0.4, -0.2) is 31.6 Å². The second-order valence-corrected chi connectivity index (χ2v) is 5.76. The van der Waals surface area contributed by atoms with Crippen LogP contribution < -0.4 is 5.73 Å². The summed E-state index contributed by atoms with van der Waals surface area (Å²) in [5, 5.41) is 4.07. The van der Waals surface area contributed by atoms with Gasteiger partial charge in [-0.25, -0.2) is 9.97 Å². The summed E-state index contributed by atoms with van der Waals surface area (Å²) >= 11 is 0. The fraction of sp³-hybridized carbons (Fsp3) is 0.353. The molecule has 0 amide bonds. The lowest BCUT2D eigenvalue weighted by Gasteiger charge is -2.02. The highest BCUT2D eigenvalue weighted by molar-refractivity contribution is 5.58. The Morgan fingerprint density at radius 1 is 0.917 bits per heavy atom. The van der Waals surface area contributed by atoms with Gasteiger partial charge in [-0.2, -0.15) is 4.98 Å². The molecule has 0 spiro atoms. The molecule has 0 atom stereocenters. The van der Waals surface area contributed by atoms with E-state index in [-0.39, 0.29) is 0 Å². The van der Waals surface area contributed by atoms with Crippen LogP contribution in [0.1, 0.15) is 29.3 Å². The van der Waals surface area contributed by atoms with Crippen molar-refractivity contribution in [2.24, 2.45) is 5.73 Å². The molecule has 7 nitrogen and oxygen atoms in total. The first-order valence-electron chi connectivity index (χ1n) is 7.89. The number of nitrogens with zero attached hydrogens (tertiary/aromatic N) is 5. The normalized spacial score (nSPS) is 11.0. The Morgan fingerprint density at radius 2 is 1.62 bits per heavy atom. The molecule has 0 fully saturated rings. The molecule has 3 heterocycles. The van der Waals surface area contributed by atoms with Crippen molar-refractivity contribution in [2.75, 3.05) is 6.54 Å². The van der Waals surface area contributed by atoms with Gasteiger partial charge in [0.05, 0.1) is 0 Å². The van der Waals surface area contributed by atoms with Gasteiger partial charge in [0, 0.05) is 29.1 Å². The molecule has 7 heteroatoms. The van der Waals surface area contributed by atoms with Crippen LogP contribution in [0.3, 0.4) is 0 Å². The summed E-state index contributed by atoms with van der Waals surface area (Å²) in [6.45, 7) is 6.41. The Bertz CT molecular complexity index is 838. The standard InChI is InChI=1S/C17H20N6O/c1-10-7-13(8-11(2)19-10)16-22-17(24-23-16)14-9-12(3)20-15(21-14)5-4-6-18/h7-9H,4-6,18H2,1-3H3. The molecule has 0 radical (unpaired) electrons. The van der Waals surface area contributed by atoms with Gasteiger partial charge >= 0.3 is 0 Å². The van der Waals surface area contributed by atoms with E-state index in [0.29, 0.717) is 24.0 Å². The van der Waals surface area contributed by atoms with Crippen LogP contribution in [0.4, 0.5) is 0 Å². The molecule has 3 rings (SSSR count). The molecule has 0 bridgehead atoms. The third kappa shape index (κ3) is 3.62. The smallest absolute Gasteiger partial charge is 0.276 e. The van der Waals surface area contributed by atoms with E-state index < -0.39 is 0 Å². The number of rotatable bonds is 5. The van der Waals surface area contributed by atoms with E-state index in [0.717, 1.165) is 41.3 Å². The number of hydrogen-bond acceptors (Lipinski definition) is 7. The third-order valence-corrected chi connectivity index (χ3v) is 3.49. The molecule has 0 aliphatic heterocycles. The lowest BCUT2D eigenvalue weighted by molar-refractivity contribution is 0.430. The molecule has 3 aromatic heterocycles. The van der Waals surface area contributed by atoms with Gasteiger partial charge in [-0.1, -0.05) is 5.16 Å². The second kappa shape index (κ2) is 6.84. The van der Waals surface area contributed by atoms with Gasteiger partial charge in [-0.05, 0) is 51.9 Å². The summed E-state index contributed by atoms with van der Waals surface area (Å²) in [6, 6.07) is 5.70. The topological polar surface area (TPSA) is 104 Å². The summed E-state index contributed by atoms with van der Waals surface area (Å²) in [4.78, 5) is 17.8. The number of hydrogen-bond donors (Lipinski definition) is 1. The first kappa shape index (κ1) is 16.2. The van der Waals surface area contributed by atoms with E-state index >= 15 is 0 Å². The van der Waals surface area contributed by atoms with Crippen molar-refractivity contribution in [1.29, 1.82) is 0 Å². The molecule has 0 aliphatic rings. The predicted octanol–water partition coefficient (Wildman–Crippen LogP) is 2.41. The Kier molecular flexibility index (Phi) is 4.61. The van der Waals surface area contributed by atoms with Crippen molar-refractivity contribution >= 4 is 0 Å². The maximum Gasteiger partial charge on any atom is 0.276 e. The highest BCUT2D eigenvalue weighted by Crippen LogP contribution is 2.22.